The van der Waals surface area contributed by atoms with Gasteiger partial charge >= 0.3 is 5.97 Å². The summed E-state index contributed by atoms with van der Waals surface area (Å²) in [6.45, 7) is -0.144. The van der Waals surface area contributed by atoms with Gasteiger partial charge in [0.05, 0.1) is 0 Å². The van der Waals surface area contributed by atoms with Crippen LogP contribution in [0.4, 0.5) is 0 Å². The molecule has 0 bridgehead atoms. The molecule has 7 heteroatoms. The molecule has 1 aliphatic heterocycles. The summed E-state index contributed by atoms with van der Waals surface area (Å²) in [6, 6.07) is 11.1. The molecule has 0 aliphatic carbocycles. The van der Waals surface area contributed by atoms with Gasteiger partial charge in [-0.2, -0.15) is 0 Å². The number of rotatable bonds is 6. The third-order valence-corrected chi connectivity index (χ3v) is 3.32. The van der Waals surface area contributed by atoms with Gasteiger partial charge in [0.2, 0.25) is 6.79 Å². The van der Waals surface area contributed by atoms with E-state index in [4.69, 9.17) is 18.9 Å². The minimum absolute atomic E-state index is 0.0430. The van der Waals surface area contributed by atoms with Gasteiger partial charge in [0.25, 0.3) is 0 Å². The first-order valence-corrected chi connectivity index (χ1v) is 7.29. The van der Waals surface area contributed by atoms with Crippen LogP contribution in [0.1, 0.15) is 10.4 Å². The first-order valence-electron chi connectivity index (χ1n) is 7.29. The van der Waals surface area contributed by atoms with Crippen molar-refractivity contribution in [1.82, 2.24) is 0 Å². The Morgan fingerprint density at radius 2 is 1.92 bits per heavy atom. The van der Waals surface area contributed by atoms with Gasteiger partial charge in [-0.1, -0.05) is 12.1 Å². The molecular formula is C17H16O7. The zero-order valence-corrected chi connectivity index (χ0v) is 12.7. The molecule has 0 spiro atoms. The van der Waals surface area contributed by atoms with E-state index in [0.717, 1.165) is 0 Å². The molecule has 2 N–H and O–H groups in total. The molecule has 1 unspecified atom stereocenters. The molecule has 126 valence electrons. The molecule has 1 aliphatic rings. The Kier molecular flexibility index (Phi) is 4.72. The van der Waals surface area contributed by atoms with Crippen molar-refractivity contribution in [2.24, 2.45) is 0 Å². The lowest BCUT2D eigenvalue weighted by Gasteiger charge is -2.13. The van der Waals surface area contributed by atoms with Gasteiger partial charge in [-0.3, -0.25) is 0 Å². The van der Waals surface area contributed by atoms with Crippen molar-refractivity contribution < 1.29 is 34.0 Å². The molecule has 3 rings (SSSR count). The van der Waals surface area contributed by atoms with Crippen molar-refractivity contribution in [2.45, 2.75) is 6.10 Å². The van der Waals surface area contributed by atoms with Crippen molar-refractivity contribution in [2.75, 3.05) is 20.0 Å². The topological polar surface area (TPSA) is 94.5 Å². The number of benzene rings is 2. The van der Waals surface area contributed by atoms with Gasteiger partial charge in [0.1, 0.15) is 36.4 Å². The fourth-order valence-corrected chi connectivity index (χ4v) is 2.10. The monoisotopic (exact) mass is 332 g/mol. The van der Waals surface area contributed by atoms with E-state index in [2.05, 4.69) is 0 Å². The van der Waals surface area contributed by atoms with E-state index in [9.17, 15) is 15.0 Å². The summed E-state index contributed by atoms with van der Waals surface area (Å²) in [5.74, 6) is 0.835. The summed E-state index contributed by atoms with van der Waals surface area (Å²) in [6.07, 6.45) is -1.01. The zero-order valence-electron chi connectivity index (χ0n) is 12.7. The molecule has 0 aromatic heterocycles. The number of hydrogen-bond acceptors (Lipinski definition) is 7. The average molecular weight is 332 g/mol. The number of phenols is 1. The predicted octanol–water partition coefficient (Wildman–Crippen LogP) is 1.72. The van der Waals surface area contributed by atoms with Crippen LogP contribution >= 0.6 is 0 Å². The molecule has 24 heavy (non-hydrogen) atoms. The number of carbonyl (C=O) groups is 1. The van der Waals surface area contributed by atoms with Gasteiger partial charge in [0, 0.05) is 6.07 Å². The fraction of sp³-hybridized carbons (Fsp3) is 0.235. The van der Waals surface area contributed by atoms with E-state index in [0.29, 0.717) is 17.2 Å². The van der Waals surface area contributed by atoms with Crippen molar-refractivity contribution in [3.8, 4) is 23.0 Å². The minimum atomic E-state index is -1.01. The molecule has 1 heterocycles. The minimum Gasteiger partial charge on any atom is -0.507 e. The molecule has 2 aromatic carbocycles. The van der Waals surface area contributed by atoms with Crippen molar-refractivity contribution in [3.05, 3.63) is 48.0 Å². The Morgan fingerprint density at radius 3 is 2.75 bits per heavy atom. The van der Waals surface area contributed by atoms with E-state index in [1.165, 1.54) is 12.1 Å². The second-order valence-electron chi connectivity index (χ2n) is 5.10. The second kappa shape index (κ2) is 7.10. The van der Waals surface area contributed by atoms with E-state index in [1.807, 2.05) is 0 Å². The quantitative estimate of drug-likeness (QED) is 0.778. The van der Waals surface area contributed by atoms with Gasteiger partial charge in [-0.05, 0) is 24.3 Å². The van der Waals surface area contributed by atoms with Gasteiger partial charge < -0.3 is 29.2 Å². The van der Waals surface area contributed by atoms with Crippen LogP contribution in [0, 0.1) is 0 Å². The summed E-state index contributed by atoms with van der Waals surface area (Å²) < 4.78 is 20.8. The highest BCUT2D eigenvalue weighted by Crippen LogP contribution is 2.35. The van der Waals surface area contributed by atoms with E-state index in [-0.39, 0.29) is 31.3 Å². The maximum absolute atomic E-state index is 11.8. The summed E-state index contributed by atoms with van der Waals surface area (Å²) in [7, 11) is 0. The first kappa shape index (κ1) is 15.9. The van der Waals surface area contributed by atoms with Crippen LogP contribution in [0.3, 0.4) is 0 Å². The van der Waals surface area contributed by atoms with E-state index < -0.39 is 12.1 Å². The number of esters is 1. The third kappa shape index (κ3) is 3.69. The van der Waals surface area contributed by atoms with Gasteiger partial charge in [0.15, 0.2) is 11.5 Å². The number of aromatic hydroxyl groups is 1. The summed E-state index contributed by atoms with van der Waals surface area (Å²) in [5, 5.41) is 19.4. The Morgan fingerprint density at radius 1 is 1.12 bits per heavy atom. The highest BCUT2D eigenvalue weighted by Gasteiger charge is 2.16. The van der Waals surface area contributed by atoms with Crippen LogP contribution in [0.15, 0.2) is 42.5 Å². The largest absolute Gasteiger partial charge is 0.507 e. The van der Waals surface area contributed by atoms with Crippen LogP contribution in [-0.2, 0) is 4.74 Å². The highest BCUT2D eigenvalue weighted by atomic mass is 16.7. The number of hydrogen-bond donors (Lipinski definition) is 2. The summed E-state index contributed by atoms with van der Waals surface area (Å²) in [5.41, 5.74) is 0.0430. The van der Waals surface area contributed by atoms with Crippen molar-refractivity contribution >= 4 is 5.97 Å². The molecule has 0 radical (unpaired) electrons. The molecule has 1 atom stereocenters. The Bertz CT molecular complexity index is 729. The number of aliphatic hydroxyl groups is 1. The van der Waals surface area contributed by atoms with E-state index in [1.54, 1.807) is 30.3 Å². The number of ether oxygens (including phenoxy) is 4. The standard InChI is InChI=1S/C17H16O7/c18-11(9-22-17(20)13-3-1-2-4-14(13)19)8-21-12-5-6-15-16(7-12)24-10-23-15/h1-7,11,18-19H,8-10H2. The van der Waals surface area contributed by atoms with Gasteiger partial charge in [-0.15, -0.1) is 0 Å². The molecule has 0 amide bonds. The Balaban J connectivity index is 1.47. The average Bonchev–Trinajstić information content (AvgIpc) is 3.06. The summed E-state index contributed by atoms with van der Waals surface area (Å²) >= 11 is 0. The fourth-order valence-electron chi connectivity index (χ4n) is 2.10. The normalized spacial score (nSPS) is 13.4. The number of fused-ring (bicyclic) bond motifs is 1. The molecule has 2 aromatic rings. The SMILES string of the molecule is O=C(OCC(O)COc1ccc2c(c1)OCO2)c1ccccc1O. The lowest BCUT2D eigenvalue weighted by molar-refractivity contribution is 0.0128. The number of phenolic OH excluding ortho intramolecular Hbond substituents is 1. The third-order valence-electron chi connectivity index (χ3n) is 3.32. The smallest absolute Gasteiger partial charge is 0.342 e. The molecule has 0 saturated heterocycles. The van der Waals surface area contributed by atoms with E-state index >= 15 is 0 Å². The lowest BCUT2D eigenvalue weighted by atomic mass is 10.2. The predicted molar refractivity (Wildman–Crippen MR) is 82.5 cm³/mol. The van der Waals surface area contributed by atoms with Crippen LogP contribution in [0.2, 0.25) is 0 Å². The lowest BCUT2D eigenvalue weighted by Crippen LogP contribution is -2.25. The maximum atomic E-state index is 11.8. The molecular weight excluding hydrogens is 316 g/mol. The zero-order chi connectivity index (χ0) is 16.9. The Hall–Kier alpha value is -2.93. The number of carbonyl (C=O) groups excluding carboxylic acids is 1. The van der Waals surface area contributed by atoms with Crippen molar-refractivity contribution in [3.63, 3.8) is 0 Å². The molecule has 7 nitrogen and oxygen atoms in total. The number of para-hydroxylation sites is 1. The van der Waals surface area contributed by atoms with Crippen LogP contribution < -0.4 is 14.2 Å². The van der Waals surface area contributed by atoms with Crippen molar-refractivity contribution in [1.29, 1.82) is 0 Å². The van der Waals surface area contributed by atoms with Crippen LogP contribution in [-0.4, -0.2) is 42.3 Å². The van der Waals surface area contributed by atoms with Crippen LogP contribution in [0.5, 0.6) is 23.0 Å². The summed E-state index contributed by atoms with van der Waals surface area (Å²) in [4.78, 5) is 11.8. The first-order chi connectivity index (χ1) is 11.6. The highest BCUT2D eigenvalue weighted by molar-refractivity contribution is 5.92. The molecule has 0 saturated carbocycles. The number of aliphatic hydroxyl groups excluding tert-OH is 1. The molecule has 0 fully saturated rings. The Labute approximate surface area is 138 Å². The maximum Gasteiger partial charge on any atom is 0.342 e. The van der Waals surface area contributed by atoms with Crippen LogP contribution in [0.25, 0.3) is 0 Å². The van der Waals surface area contributed by atoms with Gasteiger partial charge in [-0.25, -0.2) is 4.79 Å². The second-order valence-corrected chi connectivity index (χ2v) is 5.10.